The minimum Gasteiger partial charge on any atom is -0.452 e. The molecule has 0 aliphatic carbocycles. The number of halogens is 2. The Kier molecular flexibility index (Phi) is 8.38. The van der Waals surface area contributed by atoms with E-state index in [0.29, 0.717) is 33.5 Å². The number of hydrogen-bond donors (Lipinski definition) is 0. The molecule has 0 N–H and O–H groups in total. The molecule has 306 valence electrons. The largest absolute Gasteiger partial charge is 0.452 e. The normalized spacial score (nSPS) is 14.6. The van der Waals surface area contributed by atoms with Gasteiger partial charge in [0.1, 0.15) is 11.4 Å². The van der Waals surface area contributed by atoms with Crippen LogP contribution in [-0.4, -0.2) is 15.0 Å². The lowest BCUT2D eigenvalue weighted by Crippen LogP contribution is -2.02. The first-order chi connectivity index (χ1) is 34.8. The minimum atomic E-state index is -3.21. The molecule has 6 heteroatoms. The molecule has 0 unspecified atom stereocenters. The molecule has 0 aliphatic rings. The molecule has 0 saturated heterocycles. The SMILES string of the molecule is [2H]c1c(-c2ccccc2)c([2H])c2c(oc3c(-c4cc(F)c(C([2H])([2H])C([2H])([2H])c5cc(C([2H])([2H])Cc6ccc(-c7ccccc7)nc6)cc(C([2H])([2H])Cc6ccc(-c7ccccc7)nc6)c5)cn4)cccc32)c1F. The molecule has 4 heterocycles. The number of aromatic nitrogens is 3. The summed E-state index contributed by atoms with van der Waals surface area (Å²) in [5, 5.41) is 0.388. The summed E-state index contributed by atoms with van der Waals surface area (Å²) in [6.07, 6.45) is -7.47. The highest BCUT2D eigenvalue weighted by Gasteiger charge is 2.18. The van der Waals surface area contributed by atoms with Crippen LogP contribution >= 0.6 is 0 Å². The van der Waals surface area contributed by atoms with Crippen molar-refractivity contribution in [3.63, 3.8) is 0 Å². The Morgan fingerprint density at radius 1 is 0.429 bits per heavy atom. The quantitative estimate of drug-likeness (QED) is 0.116. The molecule has 4 nitrogen and oxygen atoms in total. The Morgan fingerprint density at radius 2 is 0.984 bits per heavy atom. The van der Waals surface area contributed by atoms with Crippen LogP contribution in [0.25, 0.3) is 66.8 Å². The van der Waals surface area contributed by atoms with Crippen molar-refractivity contribution < 1.29 is 26.9 Å². The lowest BCUT2D eigenvalue weighted by atomic mass is 9.94. The van der Waals surface area contributed by atoms with Gasteiger partial charge >= 0.3 is 0 Å². The second-order valence-corrected chi connectivity index (χ2v) is 14.9. The standard InChI is InChI=1S/C57H43F2N3O/c58-51-34-55(49-18-10-17-48-50-32-47(43-11-4-1-5-12-43)33-52(59)57(50)63-56(48)49)62-37-46(51)26-23-42-30-40(21-19-38-24-27-53(60-35-38)44-13-6-2-7-14-44)29-41(31-42)22-20-39-25-28-54(61-36-39)45-15-8-3-9-16-45/h1-18,24-25,27-37H,19-23,26H2/i21D2,22D2,23D2,26D2,32D,33D. The van der Waals surface area contributed by atoms with Crippen LogP contribution < -0.4 is 0 Å². The number of benzene rings is 6. The van der Waals surface area contributed by atoms with Gasteiger partial charge in [-0.1, -0.05) is 133 Å². The molecular formula is C57H43F2N3O. The van der Waals surface area contributed by atoms with E-state index in [2.05, 4.69) is 15.0 Å². The molecule has 0 saturated carbocycles. The van der Waals surface area contributed by atoms with Crippen LogP contribution in [0.5, 0.6) is 0 Å². The summed E-state index contributed by atoms with van der Waals surface area (Å²) < 4.78 is 131. The smallest absolute Gasteiger partial charge is 0.171 e. The fourth-order valence-electron chi connectivity index (χ4n) is 7.41. The van der Waals surface area contributed by atoms with Gasteiger partial charge < -0.3 is 4.42 Å². The summed E-state index contributed by atoms with van der Waals surface area (Å²) in [7, 11) is 0. The molecule has 0 aliphatic heterocycles. The van der Waals surface area contributed by atoms with Gasteiger partial charge in [0.2, 0.25) is 0 Å². The van der Waals surface area contributed by atoms with E-state index in [0.717, 1.165) is 35.5 Å². The van der Waals surface area contributed by atoms with Gasteiger partial charge in [-0.25, -0.2) is 8.78 Å². The molecule has 4 aromatic heterocycles. The maximum Gasteiger partial charge on any atom is 0.171 e. The van der Waals surface area contributed by atoms with Crippen LogP contribution in [-0.2, 0) is 38.3 Å². The van der Waals surface area contributed by atoms with Crippen LogP contribution in [0.2, 0.25) is 0 Å². The fourth-order valence-corrected chi connectivity index (χ4v) is 7.41. The average Bonchev–Trinajstić information content (AvgIpc) is 3.79. The van der Waals surface area contributed by atoms with Crippen molar-refractivity contribution in [1.82, 2.24) is 15.0 Å². The monoisotopic (exact) mass is 833 g/mol. The Labute approximate surface area is 379 Å². The number of rotatable bonds is 13. The first kappa shape index (κ1) is 29.6. The number of hydrogen-bond acceptors (Lipinski definition) is 4. The number of furan rings is 1. The summed E-state index contributed by atoms with van der Waals surface area (Å²) in [5.41, 5.74) is 2.86. The highest BCUT2D eigenvalue weighted by atomic mass is 19.1. The number of fused-ring (bicyclic) bond motifs is 3. The third-order valence-corrected chi connectivity index (χ3v) is 10.6. The van der Waals surface area contributed by atoms with Crippen molar-refractivity contribution in [1.29, 1.82) is 0 Å². The maximum atomic E-state index is 16.7. The maximum absolute atomic E-state index is 16.7. The first-order valence-electron chi connectivity index (χ1n) is 25.4. The summed E-state index contributed by atoms with van der Waals surface area (Å²) in [5.74, 6) is -2.19. The van der Waals surface area contributed by atoms with E-state index in [9.17, 15) is 11.0 Å². The Bertz CT molecular complexity index is 3560. The van der Waals surface area contributed by atoms with E-state index in [1.807, 2.05) is 60.7 Å². The summed E-state index contributed by atoms with van der Waals surface area (Å²) in [4.78, 5) is 13.5. The van der Waals surface area contributed by atoms with Crippen molar-refractivity contribution in [3.05, 3.63) is 233 Å². The predicted octanol–water partition coefficient (Wildman–Crippen LogP) is 14.1. The lowest BCUT2D eigenvalue weighted by molar-refractivity contribution is 0.584. The number of para-hydroxylation sites is 1. The minimum absolute atomic E-state index is 0.0335. The van der Waals surface area contributed by atoms with Crippen molar-refractivity contribution in [3.8, 4) is 44.9 Å². The van der Waals surface area contributed by atoms with Crippen LogP contribution in [0.4, 0.5) is 8.78 Å². The zero-order valence-electron chi connectivity index (χ0n) is 43.7. The van der Waals surface area contributed by atoms with Crippen molar-refractivity contribution >= 4 is 21.9 Å². The van der Waals surface area contributed by atoms with Crippen molar-refractivity contribution in [2.75, 3.05) is 0 Å². The van der Waals surface area contributed by atoms with Gasteiger partial charge in [0, 0.05) is 68.6 Å². The molecule has 6 aromatic carbocycles. The molecule has 0 amide bonds. The van der Waals surface area contributed by atoms with E-state index in [4.69, 9.17) is 7.16 Å². The van der Waals surface area contributed by atoms with Crippen molar-refractivity contribution in [2.24, 2.45) is 0 Å². The molecule has 0 atom stereocenters. The van der Waals surface area contributed by atoms with E-state index in [1.165, 1.54) is 12.1 Å². The Morgan fingerprint density at radius 3 is 1.54 bits per heavy atom. The molecule has 0 spiro atoms. The molecule has 10 rings (SSSR count). The van der Waals surface area contributed by atoms with E-state index < -0.39 is 54.3 Å². The van der Waals surface area contributed by atoms with E-state index >= 15 is 8.78 Å². The Balaban J connectivity index is 1.02. The molecule has 0 bridgehead atoms. The average molecular weight is 834 g/mol. The van der Waals surface area contributed by atoms with E-state index in [-0.39, 0.29) is 63.4 Å². The van der Waals surface area contributed by atoms with Crippen molar-refractivity contribution in [2.45, 2.75) is 38.3 Å². The lowest BCUT2D eigenvalue weighted by Gasteiger charge is -2.12. The Hall–Kier alpha value is -7.57. The van der Waals surface area contributed by atoms with Gasteiger partial charge in [0.15, 0.2) is 11.4 Å². The fraction of sp³-hybridized carbons (Fsp3) is 0.105. The van der Waals surface area contributed by atoms with Crippen LogP contribution in [0.1, 0.15) is 47.1 Å². The van der Waals surface area contributed by atoms with E-state index in [1.54, 1.807) is 79.1 Å². The zero-order chi connectivity index (χ0) is 51.5. The molecule has 10 aromatic rings. The first-order valence-corrected chi connectivity index (χ1v) is 20.4. The molecule has 0 fully saturated rings. The number of nitrogens with zero attached hydrogens (tertiary/aromatic N) is 3. The van der Waals surface area contributed by atoms with Crippen LogP contribution in [0, 0.1) is 11.6 Å². The van der Waals surface area contributed by atoms with Gasteiger partial charge in [-0.3, -0.25) is 15.0 Å². The van der Waals surface area contributed by atoms with Gasteiger partial charge in [0.25, 0.3) is 0 Å². The summed E-state index contributed by atoms with van der Waals surface area (Å²) in [6, 6.07) is 43.0. The third-order valence-electron chi connectivity index (χ3n) is 10.6. The summed E-state index contributed by atoms with van der Waals surface area (Å²) >= 11 is 0. The highest BCUT2D eigenvalue weighted by Crippen LogP contribution is 2.39. The second-order valence-electron chi connectivity index (χ2n) is 14.9. The third kappa shape index (κ3) is 8.80. The number of aryl methyl sites for hydroxylation is 6. The number of pyridine rings is 3. The molecular weight excluding hydrogens is 781 g/mol. The molecule has 0 radical (unpaired) electrons. The second kappa shape index (κ2) is 17.8. The van der Waals surface area contributed by atoms with Gasteiger partial charge in [0.05, 0.1) is 19.8 Å². The van der Waals surface area contributed by atoms with Gasteiger partial charge in [-0.15, -0.1) is 0 Å². The topological polar surface area (TPSA) is 51.8 Å². The zero-order valence-corrected chi connectivity index (χ0v) is 33.7. The molecule has 63 heavy (non-hydrogen) atoms. The highest BCUT2D eigenvalue weighted by molar-refractivity contribution is 6.10. The summed E-state index contributed by atoms with van der Waals surface area (Å²) in [6.45, 7) is 0. The van der Waals surface area contributed by atoms with Crippen LogP contribution in [0.15, 0.2) is 193 Å². The van der Waals surface area contributed by atoms with Gasteiger partial charge in [-0.2, -0.15) is 0 Å². The van der Waals surface area contributed by atoms with Crippen LogP contribution in [0.3, 0.4) is 0 Å². The predicted molar refractivity (Wildman–Crippen MR) is 250 cm³/mol. The van der Waals surface area contributed by atoms with Gasteiger partial charge in [-0.05, 0) is 108 Å².